The molecule has 3 heteroatoms. The summed E-state index contributed by atoms with van der Waals surface area (Å²) < 4.78 is 0. The zero-order chi connectivity index (χ0) is 20.5. The summed E-state index contributed by atoms with van der Waals surface area (Å²) in [6.07, 6.45) is 7.50. The van der Waals surface area contributed by atoms with Gasteiger partial charge in [0.1, 0.15) is 0 Å². The molecule has 0 fully saturated rings. The van der Waals surface area contributed by atoms with E-state index in [1.165, 1.54) is 38.1 Å². The fraction of sp³-hybridized carbons (Fsp3) is 0.667. The monoisotopic (exact) mass is 380 g/mol. The molecule has 1 spiro atoms. The van der Waals surface area contributed by atoms with E-state index in [0.29, 0.717) is 0 Å². The molecule has 0 radical (unpaired) electrons. The third-order valence-electron chi connectivity index (χ3n) is 8.11. The Morgan fingerprint density at radius 1 is 0.519 bits per heavy atom. The lowest BCUT2D eigenvalue weighted by atomic mass is 9.39. The Balaban J connectivity index is 2.89. The maximum atomic E-state index is 2.53. The summed E-state index contributed by atoms with van der Waals surface area (Å²) in [7, 11) is -1.85. The van der Waals surface area contributed by atoms with Gasteiger partial charge in [-0.2, -0.15) is 0 Å². The molecule has 0 saturated carbocycles. The van der Waals surface area contributed by atoms with E-state index in [-0.39, 0.29) is 0 Å². The minimum atomic E-state index is -1.85. The minimum Gasteiger partial charge on any atom is -0.0812 e. The average molecular weight is 380 g/mol. The molecule has 27 heavy (non-hydrogen) atoms. The molecule has 2 rings (SSSR count). The third-order valence-corrected chi connectivity index (χ3v) is 13.8. The Bertz CT molecular complexity index is 651. The number of rotatable bonds is 8. The summed E-state index contributed by atoms with van der Waals surface area (Å²) in [6.45, 7) is 25.9. The SMILES string of the molecule is CCB(CC)C1=C(C)[Si]2(C(C)=C1CC)C(C)=C(CC)C(B(CC)CC)=C2C. The predicted octanol–water partition coefficient (Wildman–Crippen LogP) is 7.85. The van der Waals surface area contributed by atoms with Crippen molar-refractivity contribution in [1.29, 1.82) is 0 Å². The van der Waals surface area contributed by atoms with Crippen molar-refractivity contribution in [2.45, 2.75) is 107 Å². The topological polar surface area (TPSA) is 0 Å². The maximum Gasteiger partial charge on any atom is 0.175 e. The first-order valence-electron chi connectivity index (χ1n) is 11.7. The second kappa shape index (κ2) is 8.76. The average Bonchev–Trinajstić information content (AvgIpc) is 3.03. The van der Waals surface area contributed by atoms with E-state index in [2.05, 4.69) is 69.2 Å². The zero-order valence-corrected chi connectivity index (χ0v) is 20.9. The minimum absolute atomic E-state index is 0.740. The number of hydrogen-bond donors (Lipinski definition) is 0. The lowest BCUT2D eigenvalue weighted by molar-refractivity contribution is 1.11. The van der Waals surface area contributed by atoms with Crippen molar-refractivity contribution < 1.29 is 0 Å². The van der Waals surface area contributed by atoms with Crippen molar-refractivity contribution in [2.24, 2.45) is 0 Å². The second-order valence-corrected chi connectivity index (χ2v) is 13.3. The van der Waals surface area contributed by atoms with Gasteiger partial charge in [-0.25, -0.2) is 0 Å². The lowest BCUT2D eigenvalue weighted by Gasteiger charge is -2.32. The Hall–Kier alpha value is -0.693. The first-order chi connectivity index (χ1) is 12.8. The molecule has 2 aliphatic heterocycles. The van der Waals surface area contributed by atoms with Crippen LogP contribution in [0.1, 0.15) is 82.1 Å². The highest BCUT2D eigenvalue weighted by atomic mass is 28.3. The molecule has 0 bridgehead atoms. The summed E-state index contributed by atoms with van der Waals surface area (Å²) >= 11 is 0. The van der Waals surface area contributed by atoms with Gasteiger partial charge < -0.3 is 0 Å². The van der Waals surface area contributed by atoms with Crippen molar-refractivity contribution in [1.82, 2.24) is 0 Å². The molecule has 2 aliphatic rings. The van der Waals surface area contributed by atoms with Gasteiger partial charge in [-0.3, -0.25) is 0 Å². The highest BCUT2D eigenvalue weighted by Gasteiger charge is 2.53. The Labute approximate surface area is 171 Å². The Morgan fingerprint density at radius 3 is 1.04 bits per heavy atom. The van der Waals surface area contributed by atoms with Crippen LogP contribution in [-0.4, -0.2) is 21.5 Å². The van der Waals surface area contributed by atoms with Gasteiger partial charge in [0.2, 0.25) is 0 Å². The van der Waals surface area contributed by atoms with Crippen molar-refractivity contribution >= 4 is 21.5 Å². The Morgan fingerprint density at radius 2 is 0.815 bits per heavy atom. The fourth-order valence-corrected chi connectivity index (χ4v) is 13.2. The predicted molar refractivity (Wildman–Crippen MR) is 131 cm³/mol. The van der Waals surface area contributed by atoms with Crippen molar-refractivity contribution in [3.8, 4) is 0 Å². The van der Waals surface area contributed by atoms with E-state index in [1.54, 1.807) is 42.9 Å². The van der Waals surface area contributed by atoms with Crippen LogP contribution < -0.4 is 0 Å². The lowest BCUT2D eigenvalue weighted by Crippen LogP contribution is -2.40. The molecule has 0 aromatic carbocycles. The van der Waals surface area contributed by atoms with Crippen LogP contribution in [0.25, 0.3) is 0 Å². The van der Waals surface area contributed by atoms with Crippen LogP contribution >= 0.6 is 0 Å². The zero-order valence-electron chi connectivity index (χ0n) is 19.9. The van der Waals surface area contributed by atoms with Crippen molar-refractivity contribution in [3.05, 3.63) is 42.9 Å². The summed E-state index contributed by atoms with van der Waals surface area (Å²) in [4.78, 5) is 0. The first-order valence-corrected chi connectivity index (χ1v) is 13.7. The normalized spacial score (nSPS) is 19.3. The second-order valence-electron chi connectivity index (χ2n) is 8.77. The van der Waals surface area contributed by atoms with E-state index in [9.17, 15) is 0 Å². The van der Waals surface area contributed by atoms with Gasteiger partial charge in [0.25, 0.3) is 0 Å². The molecular weight excluding hydrogens is 338 g/mol. The van der Waals surface area contributed by atoms with Crippen molar-refractivity contribution in [3.63, 3.8) is 0 Å². The van der Waals surface area contributed by atoms with Gasteiger partial charge >= 0.3 is 0 Å². The Kier molecular flexibility index (Phi) is 7.33. The molecule has 0 atom stereocenters. The molecule has 148 valence electrons. The molecule has 0 saturated heterocycles. The van der Waals surface area contributed by atoms with Crippen LogP contribution in [0.15, 0.2) is 42.9 Å². The quantitative estimate of drug-likeness (QED) is 0.376. The molecule has 0 unspecified atom stereocenters. The van der Waals surface area contributed by atoms with Crippen LogP contribution in [0, 0.1) is 0 Å². The van der Waals surface area contributed by atoms with Gasteiger partial charge in [0.15, 0.2) is 21.5 Å². The van der Waals surface area contributed by atoms with Crippen molar-refractivity contribution in [2.75, 3.05) is 0 Å². The van der Waals surface area contributed by atoms with E-state index in [0.717, 1.165) is 13.4 Å². The first kappa shape index (κ1) is 22.6. The molecule has 0 amide bonds. The molecule has 0 aromatic heterocycles. The molecule has 0 aromatic rings. The maximum absolute atomic E-state index is 2.53. The molecule has 2 heterocycles. The molecular formula is C24H42B2Si. The standard InChI is InChI=1S/C24H42B2Si/c1-11-21-17(7)27(19(9)23(21)25(13-3)14-4)18(8)22(12-2)24(20(27)10)26(15-5)16-6/h11-16H2,1-10H3. The smallest absolute Gasteiger partial charge is 0.0812 e. The highest BCUT2D eigenvalue weighted by Crippen LogP contribution is 2.55. The van der Waals surface area contributed by atoms with Crippen LogP contribution in [0.5, 0.6) is 0 Å². The number of allylic oxidation sites excluding steroid dienone is 8. The van der Waals surface area contributed by atoms with Crippen LogP contribution in [0.2, 0.25) is 25.3 Å². The van der Waals surface area contributed by atoms with E-state index in [1.807, 2.05) is 0 Å². The molecule has 0 aliphatic carbocycles. The number of hydrogen-bond acceptors (Lipinski definition) is 0. The van der Waals surface area contributed by atoms with E-state index in [4.69, 9.17) is 0 Å². The largest absolute Gasteiger partial charge is 0.175 e. The fourth-order valence-electron chi connectivity index (χ4n) is 6.81. The van der Waals surface area contributed by atoms with Gasteiger partial charge in [-0.05, 0) is 40.5 Å². The summed E-state index contributed by atoms with van der Waals surface area (Å²) in [5.41, 5.74) is 7.00. The third kappa shape index (κ3) is 3.03. The molecule has 0 N–H and O–H groups in total. The highest BCUT2D eigenvalue weighted by molar-refractivity contribution is 7.07. The van der Waals surface area contributed by atoms with Gasteiger partial charge in [-0.15, -0.1) is 0 Å². The van der Waals surface area contributed by atoms with Gasteiger partial charge in [0.05, 0.1) is 0 Å². The molecule has 0 nitrogen and oxygen atoms in total. The van der Waals surface area contributed by atoms with E-state index >= 15 is 0 Å². The van der Waals surface area contributed by atoms with Gasteiger partial charge in [-0.1, -0.05) is 110 Å². The van der Waals surface area contributed by atoms with E-state index < -0.39 is 8.07 Å². The van der Waals surface area contributed by atoms with Crippen LogP contribution in [0.4, 0.5) is 0 Å². The van der Waals surface area contributed by atoms with Crippen LogP contribution in [-0.2, 0) is 0 Å². The van der Waals surface area contributed by atoms with Gasteiger partial charge in [0, 0.05) is 0 Å². The summed E-state index contributed by atoms with van der Waals surface area (Å²) in [5.74, 6) is 0. The van der Waals surface area contributed by atoms with Crippen LogP contribution in [0.3, 0.4) is 0 Å². The summed E-state index contributed by atoms with van der Waals surface area (Å²) in [6, 6.07) is 0. The summed E-state index contributed by atoms with van der Waals surface area (Å²) in [5, 5.41) is 7.16.